The molecule has 0 spiro atoms. The molecule has 0 aromatic heterocycles. The van der Waals surface area contributed by atoms with Crippen LogP contribution < -0.4 is 4.90 Å². The lowest BCUT2D eigenvalue weighted by Gasteiger charge is -2.36. The minimum atomic E-state index is -0.254. The summed E-state index contributed by atoms with van der Waals surface area (Å²) in [4.78, 5) is 9.62. The summed E-state index contributed by atoms with van der Waals surface area (Å²) in [6.07, 6.45) is 0. The Morgan fingerprint density at radius 3 is 2.48 bits per heavy atom. The third kappa shape index (κ3) is 4.71. The summed E-state index contributed by atoms with van der Waals surface area (Å²) in [5.41, 5.74) is 2.83. The van der Waals surface area contributed by atoms with E-state index in [0.29, 0.717) is 6.54 Å². The number of nitrogens with zero attached hydrogens (tertiary/aromatic N) is 3. The number of oxime groups is 1. The van der Waals surface area contributed by atoms with Crippen LogP contribution in [0.15, 0.2) is 53.7 Å². The molecule has 0 saturated carbocycles. The van der Waals surface area contributed by atoms with Crippen LogP contribution in [0.2, 0.25) is 5.02 Å². The van der Waals surface area contributed by atoms with E-state index in [1.165, 1.54) is 19.2 Å². The summed E-state index contributed by atoms with van der Waals surface area (Å²) in [7, 11) is 1.53. The number of rotatable bonds is 5. The second-order valence-electron chi connectivity index (χ2n) is 5.97. The van der Waals surface area contributed by atoms with Crippen LogP contribution in [0.25, 0.3) is 0 Å². The quantitative estimate of drug-likeness (QED) is 0.601. The monoisotopic (exact) mass is 361 g/mol. The molecule has 0 aliphatic carbocycles. The molecule has 1 fully saturated rings. The topological polar surface area (TPSA) is 28.1 Å². The van der Waals surface area contributed by atoms with Crippen molar-refractivity contribution in [3.63, 3.8) is 0 Å². The Balaban J connectivity index is 1.62. The normalized spacial score (nSPS) is 16.1. The van der Waals surface area contributed by atoms with Gasteiger partial charge in [-0.2, -0.15) is 0 Å². The maximum Gasteiger partial charge on any atom is 0.123 e. The minimum absolute atomic E-state index is 0.254. The van der Waals surface area contributed by atoms with Crippen molar-refractivity contribution in [2.24, 2.45) is 5.16 Å². The fourth-order valence-electron chi connectivity index (χ4n) is 2.97. The van der Waals surface area contributed by atoms with Gasteiger partial charge in [0.1, 0.15) is 18.6 Å². The summed E-state index contributed by atoms with van der Waals surface area (Å²) >= 11 is 6.08. The highest BCUT2D eigenvalue weighted by Crippen LogP contribution is 2.21. The molecule has 0 unspecified atom stereocenters. The average molecular weight is 362 g/mol. The van der Waals surface area contributed by atoms with Crippen LogP contribution in [-0.2, 0) is 4.84 Å². The van der Waals surface area contributed by atoms with E-state index in [1.54, 1.807) is 12.1 Å². The lowest BCUT2D eigenvalue weighted by atomic mass is 10.1. The molecule has 1 heterocycles. The van der Waals surface area contributed by atoms with E-state index in [0.717, 1.165) is 48.2 Å². The third-order valence-electron chi connectivity index (χ3n) is 4.30. The van der Waals surface area contributed by atoms with Crippen molar-refractivity contribution in [2.45, 2.75) is 0 Å². The number of halogens is 2. The molecule has 1 saturated heterocycles. The van der Waals surface area contributed by atoms with Crippen LogP contribution in [0.3, 0.4) is 0 Å². The zero-order chi connectivity index (χ0) is 17.6. The van der Waals surface area contributed by atoms with Gasteiger partial charge in [-0.25, -0.2) is 4.39 Å². The Kier molecular flexibility index (Phi) is 5.89. The van der Waals surface area contributed by atoms with Crippen LogP contribution >= 0.6 is 11.6 Å². The first-order valence-electron chi connectivity index (χ1n) is 8.24. The van der Waals surface area contributed by atoms with Crippen molar-refractivity contribution in [3.8, 4) is 0 Å². The predicted molar refractivity (Wildman–Crippen MR) is 100 cm³/mol. The first kappa shape index (κ1) is 17.7. The zero-order valence-corrected chi connectivity index (χ0v) is 14.9. The molecule has 0 atom stereocenters. The number of hydrogen-bond acceptors (Lipinski definition) is 4. The van der Waals surface area contributed by atoms with E-state index in [4.69, 9.17) is 16.4 Å². The van der Waals surface area contributed by atoms with Gasteiger partial charge >= 0.3 is 0 Å². The predicted octanol–water partition coefficient (Wildman–Crippen LogP) is 3.65. The molecule has 0 radical (unpaired) electrons. The highest BCUT2D eigenvalue weighted by molar-refractivity contribution is 6.30. The Labute approximate surface area is 152 Å². The number of piperazine rings is 1. The van der Waals surface area contributed by atoms with E-state index in [1.807, 2.05) is 18.2 Å². The van der Waals surface area contributed by atoms with E-state index < -0.39 is 0 Å². The molecular weight excluding hydrogens is 341 g/mol. The molecule has 2 aromatic carbocycles. The summed E-state index contributed by atoms with van der Waals surface area (Å²) in [5, 5.41) is 4.88. The van der Waals surface area contributed by atoms with Gasteiger partial charge in [0.05, 0.1) is 0 Å². The van der Waals surface area contributed by atoms with E-state index in [-0.39, 0.29) is 5.82 Å². The first-order chi connectivity index (χ1) is 12.2. The highest BCUT2D eigenvalue weighted by Gasteiger charge is 2.19. The van der Waals surface area contributed by atoms with Gasteiger partial charge in [-0.05, 0) is 30.3 Å². The zero-order valence-electron chi connectivity index (χ0n) is 14.2. The van der Waals surface area contributed by atoms with Crippen LogP contribution in [0.4, 0.5) is 10.1 Å². The fraction of sp³-hybridized carbons (Fsp3) is 0.316. The van der Waals surface area contributed by atoms with Gasteiger partial charge in [-0.3, -0.25) is 4.90 Å². The molecule has 132 valence electrons. The average Bonchev–Trinajstić information content (AvgIpc) is 2.63. The van der Waals surface area contributed by atoms with E-state index >= 15 is 0 Å². The lowest BCUT2D eigenvalue weighted by Crippen LogP contribution is -2.48. The first-order valence-corrected chi connectivity index (χ1v) is 8.62. The second-order valence-corrected chi connectivity index (χ2v) is 6.41. The van der Waals surface area contributed by atoms with Gasteiger partial charge in [-0.1, -0.05) is 35.0 Å². The molecule has 1 aliphatic heterocycles. The fourth-order valence-corrected chi connectivity index (χ4v) is 3.16. The van der Waals surface area contributed by atoms with Gasteiger partial charge in [0.2, 0.25) is 0 Å². The van der Waals surface area contributed by atoms with Gasteiger partial charge in [-0.15, -0.1) is 0 Å². The van der Waals surface area contributed by atoms with Crippen molar-refractivity contribution in [3.05, 3.63) is 64.9 Å². The highest BCUT2D eigenvalue weighted by atomic mass is 35.5. The summed E-state index contributed by atoms with van der Waals surface area (Å²) in [6, 6.07) is 14.3. The van der Waals surface area contributed by atoms with Gasteiger partial charge < -0.3 is 9.74 Å². The molecule has 3 rings (SSSR count). The second kappa shape index (κ2) is 8.32. The van der Waals surface area contributed by atoms with Crippen molar-refractivity contribution in [2.75, 3.05) is 44.7 Å². The van der Waals surface area contributed by atoms with Crippen molar-refractivity contribution in [1.82, 2.24) is 4.90 Å². The van der Waals surface area contributed by atoms with Gasteiger partial charge in [0.15, 0.2) is 0 Å². The maximum absolute atomic E-state index is 13.1. The SMILES string of the molecule is CON=C(CN1CCN(c2cccc(Cl)c2)CC1)c1ccc(F)cc1. The summed E-state index contributed by atoms with van der Waals surface area (Å²) in [5.74, 6) is -0.254. The molecular formula is C19H21ClFN3O. The summed E-state index contributed by atoms with van der Waals surface area (Å²) in [6.45, 7) is 4.34. The molecule has 4 nitrogen and oxygen atoms in total. The lowest BCUT2D eigenvalue weighted by molar-refractivity contribution is 0.209. The third-order valence-corrected chi connectivity index (χ3v) is 4.53. The minimum Gasteiger partial charge on any atom is -0.399 e. The Morgan fingerprint density at radius 1 is 1.12 bits per heavy atom. The van der Waals surface area contributed by atoms with E-state index in [9.17, 15) is 4.39 Å². The van der Waals surface area contributed by atoms with Crippen molar-refractivity contribution < 1.29 is 9.23 Å². The van der Waals surface area contributed by atoms with Crippen LogP contribution in [-0.4, -0.2) is 50.4 Å². The number of hydrogen-bond donors (Lipinski definition) is 0. The maximum atomic E-state index is 13.1. The standard InChI is InChI=1S/C19H21ClFN3O/c1-25-22-19(15-5-7-17(21)8-6-15)14-23-9-11-24(12-10-23)18-4-2-3-16(20)13-18/h2-8,13H,9-12,14H2,1H3. The summed E-state index contributed by atoms with van der Waals surface area (Å²) < 4.78 is 13.1. The molecule has 0 bridgehead atoms. The van der Waals surface area contributed by atoms with Crippen molar-refractivity contribution >= 4 is 23.0 Å². The smallest absolute Gasteiger partial charge is 0.123 e. The molecule has 0 N–H and O–H groups in total. The van der Waals surface area contributed by atoms with Crippen LogP contribution in [0, 0.1) is 5.82 Å². The van der Waals surface area contributed by atoms with E-state index in [2.05, 4.69) is 21.0 Å². The van der Waals surface area contributed by atoms with Crippen LogP contribution in [0.5, 0.6) is 0 Å². The number of benzene rings is 2. The molecule has 6 heteroatoms. The number of anilines is 1. The van der Waals surface area contributed by atoms with Crippen LogP contribution in [0.1, 0.15) is 5.56 Å². The molecule has 1 aliphatic rings. The Bertz CT molecular complexity index is 728. The Morgan fingerprint density at radius 2 is 1.84 bits per heavy atom. The van der Waals surface area contributed by atoms with Gasteiger partial charge in [0.25, 0.3) is 0 Å². The molecule has 25 heavy (non-hydrogen) atoms. The molecule has 0 amide bonds. The Hall–Kier alpha value is -2.11. The molecule has 2 aromatic rings. The van der Waals surface area contributed by atoms with Gasteiger partial charge in [0, 0.05) is 49.0 Å². The largest absolute Gasteiger partial charge is 0.399 e. The van der Waals surface area contributed by atoms with Crippen molar-refractivity contribution in [1.29, 1.82) is 0 Å².